The van der Waals surface area contributed by atoms with Crippen LogP contribution >= 0.6 is 22.9 Å². The number of amides is 1. The number of para-hydroxylation sites is 1. The Kier molecular flexibility index (Phi) is 5.29. The quantitative estimate of drug-likeness (QED) is 0.500. The molecule has 0 saturated heterocycles. The molecule has 1 amide bonds. The number of rotatable bonds is 5. The highest BCUT2D eigenvalue weighted by Crippen LogP contribution is 2.26. The molecule has 0 atom stereocenters. The van der Waals surface area contributed by atoms with Crippen LogP contribution in [-0.4, -0.2) is 15.8 Å². The lowest BCUT2D eigenvalue weighted by atomic mass is 10.1. The predicted octanol–water partition coefficient (Wildman–Crippen LogP) is 4.86. The van der Waals surface area contributed by atoms with Gasteiger partial charge >= 0.3 is 0 Å². The van der Waals surface area contributed by atoms with Gasteiger partial charge in [-0.1, -0.05) is 35.9 Å². The van der Waals surface area contributed by atoms with Crippen LogP contribution in [0.5, 0.6) is 0 Å². The maximum atomic E-state index is 12.4. The Balaban J connectivity index is 1.75. The molecule has 0 fully saturated rings. The molecule has 1 N–H and O–H groups in total. The maximum absolute atomic E-state index is 12.4. The van der Waals surface area contributed by atoms with Gasteiger partial charge in [0.2, 0.25) is 0 Å². The number of carbonyl (C=O) groups is 1. The molecule has 0 spiro atoms. The smallest absolute Gasteiger partial charge is 0.285 e. The average Bonchev–Trinajstić information content (AvgIpc) is 3.03. The number of aryl methyl sites for hydroxylation is 1. The van der Waals surface area contributed by atoms with Crippen molar-refractivity contribution < 1.29 is 9.72 Å². The lowest BCUT2D eigenvalue weighted by molar-refractivity contribution is -0.385. The first-order valence-corrected chi connectivity index (χ1v) is 8.88. The number of nitrogens with zero attached hydrogens (tertiary/aromatic N) is 2. The predicted molar refractivity (Wildman–Crippen MR) is 102 cm³/mol. The number of hydrogen-bond donors (Lipinski definition) is 1. The van der Waals surface area contributed by atoms with Crippen molar-refractivity contribution in [2.45, 2.75) is 13.3 Å². The van der Waals surface area contributed by atoms with E-state index >= 15 is 0 Å². The zero-order chi connectivity index (χ0) is 18.7. The summed E-state index contributed by atoms with van der Waals surface area (Å²) < 4.78 is 0. The Hall–Kier alpha value is -2.77. The first-order valence-electron chi connectivity index (χ1n) is 7.68. The van der Waals surface area contributed by atoms with Gasteiger partial charge in [-0.05, 0) is 30.7 Å². The second-order valence-corrected chi connectivity index (χ2v) is 7.17. The third-order valence-corrected chi connectivity index (χ3v) is 4.90. The monoisotopic (exact) mass is 387 g/mol. The summed E-state index contributed by atoms with van der Waals surface area (Å²) in [4.78, 5) is 28.3. The minimum atomic E-state index is -0.548. The van der Waals surface area contributed by atoms with Crippen LogP contribution in [0.25, 0.3) is 0 Å². The van der Waals surface area contributed by atoms with Gasteiger partial charge in [-0.3, -0.25) is 20.2 Å². The van der Waals surface area contributed by atoms with E-state index in [-0.39, 0.29) is 11.3 Å². The first kappa shape index (κ1) is 18.0. The van der Waals surface area contributed by atoms with Crippen molar-refractivity contribution in [1.82, 2.24) is 4.98 Å². The third kappa shape index (κ3) is 4.07. The van der Waals surface area contributed by atoms with E-state index in [9.17, 15) is 14.9 Å². The third-order valence-electron chi connectivity index (χ3n) is 3.73. The van der Waals surface area contributed by atoms with Crippen molar-refractivity contribution in [3.05, 3.63) is 85.4 Å². The van der Waals surface area contributed by atoms with E-state index in [2.05, 4.69) is 10.3 Å². The van der Waals surface area contributed by atoms with E-state index in [0.717, 1.165) is 10.4 Å². The topological polar surface area (TPSA) is 85.1 Å². The van der Waals surface area contributed by atoms with E-state index in [1.807, 2.05) is 24.3 Å². The number of aromatic nitrogens is 1. The molecule has 1 aromatic heterocycles. The number of nitro groups is 1. The molecule has 0 bridgehead atoms. The number of anilines is 1. The molecular formula is C18H14ClN3O3S. The second kappa shape index (κ2) is 7.63. The van der Waals surface area contributed by atoms with E-state index in [1.165, 1.54) is 17.4 Å². The van der Waals surface area contributed by atoms with Gasteiger partial charge < -0.3 is 0 Å². The summed E-state index contributed by atoms with van der Waals surface area (Å²) in [5, 5.41) is 14.9. The van der Waals surface area contributed by atoms with Gasteiger partial charge in [0.25, 0.3) is 11.6 Å². The largest absolute Gasteiger partial charge is 0.298 e. The first-order chi connectivity index (χ1) is 12.4. The number of halogens is 1. The van der Waals surface area contributed by atoms with Crippen LogP contribution in [0.1, 0.15) is 26.4 Å². The molecule has 3 rings (SSSR count). The summed E-state index contributed by atoms with van der Waals surface area (Å²) in [5.74, 6) is -0.548. The molecule has 0 aliphatic carbocycles. The molecular weight excluding hydrogens is 374 g/mol. The fourth-order valence-corrected chi connectivity index (χ4v) is 3.47. The van der Waals surface area contributed by atoms with Crippen LogP contribution in [0.4, 0.5) is 10.8 Å². The fourth-order valence-electron chi connectivity index (χ4n) is 2.50. The van der Waals surface area contributed by atoms with Crippen molar-refractivity contribution in [3.8, 4) is 0 Å². The Bertz CT molecular complexity index is 970. The minimum absolute atomic E-state index is 0.0180. The van der Waals surface area contributed by atoms with Gasteiger partial charge in [0.05, 0.1) is 4.92 Å². The number of hydrogen-bond acceptors (Lipinski definition) is 5. The molecule has 2 aromatic carbocycles. The van der Waals surface area contributed by atoms with Crippen LogP contribution in [0.2, 0.25) is 5.02 Å². The highest BCUT2D eigenvalue weighted by Gasteiger charge is 2.23. The van der Waals surface area contributed by atoms with Crippen LogP contribution in [0.15, 0.2) is 48.7 Å². The summed E-state index contributed by atoms with van der Waals surface area (Å²) >= 11 is 7.20. The van der Waals surface area contributed by atoms with Gasteiger partial charge in [-0.2, -0.15) is 0 Å². The van der Waals surface area contributed by atoms with Crippen molar-refractivity contribution in [3.63, 3.8) is 0 Å². The molecule has 1 heterocycles. The van der Waals surface area contributed by atoms with Crippen LogP contribution < -0.4 is 5.32 Å². The molecule has 132 valence electrons. The standard InChI is InChI=1S/C18H14ClN3O3S/c1-11-3-2-4-15(16(11)22(24)25)17(23)21-18-20-10-14(26-18)9-12-5-7-13(19)8-6-12/h2-8,10H,9H2,1H3,(H,20,21,23). The van der Waals surface area contributed by atoms with E-state index in [4.69, 9.17) is 11.6 Å². The number of carbonyl (C=O) groups excluding carboxylic acids is 1. The zero-order valence-electron chi connectivity index (χ0n) is 13.7. The molecule has 26 heavy (non-hydrogen) atoms. The number of nitrogens with one attached hydrogen (secondary N) is 1. The Morgan fingerprint density at radius 2 is 2.00 bits per heavy atom. The van der Waals surface area contributed by atoms with Gasteiger partial charge in [0, 0.05) is 28.1 Å². The van der Waals surface area contributed by atoms with Crippen LogP contribution in [-0.2, 0) is 6.42 Å². The van der Waals surface area contributed by atoms with Crippen molar-refractivity contribution in [2.24, 2.45) is 0 Å². The SMILES string of the molecule is Cc1cccc(C(=O)Nc2ncc(Cc3ccc(Cl)cc3)s2)c1[N+](=O)[O-]. The van der Waals surface area contributed by atoms with E-state index in [0.29, 0.717) is 22.1 Å². The number of nitro benzene ring substituents is 1. The highest BCUT2D eigenvalue weighted by atomic mass is 35.5. The fraction of sp³-hybridized carbons (Fsp3) is 0.111. The zero-order valence-corrected chi connectivity index (χ0v) is 15.3. The molecule has 0 saturated carbocycles. The molecule has 0 aliphatic rings. The van der Waals surface area contributed by atoms with E-state index < -0.39 is 10.8 Å². The molecule has 0 unspecified atom stereocenters. The highest BCUT2D eigenvalue weighted by molar-refractivity contribution is 7.15. The summed E-state index contributed by atoms with van der Waals surface area (Å²) in [5.41, 5.74) is 1.34. The normalized spacial score (nSPS) is 10.5. The Morgan fingerprint density at radius 3 is 2.69 bits per heavy atom. The summed E-state index contributed by atoms with van der Waals surface area (Å²) in [6.45, 7) is 1.60. The summed E-state index contributed by atoms with van der Waals surface area (Å²) in [6, 6.07) is 12.1. The summed E-state index contributed by atoms with van der Waals surface area (Å²) in [6.07, 6.45) is 2.34. The molecule has 8 heteroatoms. The molecule has 3 aromatic rings. The lowest BCUT2D eigenvalue weighted by Crippen LogP contribution is -2.14. The Morgan fingerprint density at radius 1 is 1.27 bits per heavy atom. The average molecular weight is 388 g/mol. The number of thiazole rings is 1. The maximum Gasteiger partial charge on any atom is 0.285 e. The van der Waals surface area contributed by atoms with Crippen molar-refractivity contribution in [1.29, 1.82) is 0 Å². The van der Waals surface area contributed by atoms with Gasteiger partial charge in [0.15, 0.2) is 5.13 Å². The van der Waals surface area contributed by atoms with Gasteiger partial charge in [-0.15, -0.1) is 11.3 Å². The van der Waals surface area contributed by atoms with Crippen LogP contribution in [0, 0.1) is 17.0 Å². The molecule has 0 radical (unpaired) electrons. The Labute approximate surface area is 158 Å². The van der Waals surface area contributed by atoms with Crippen molar-refractivity contribution >= 4 is 39.7 Å². The van der Waals surface area contributed by atoms with Crippen molar-refractivity contribution in [2.75, 3.05) is 5.32 Å². The lowest BCUT2D eigenvalue weighted by Gasteiger charge is -2.04. The summed E-state index contributed by atoms with van der Waals surface area (Å²) in [7, 11) is 0. The molecule has 6 nitrogen and oxygen atoms in total. The van der Waals surface area contributed by atoms with Crippen LogP contribution in [0.3, 0.4) is 0 Å². The van der Waals surface area contributed by atoms with Gasteiger partial charge in [-0.25, -0.2) is 4.98 Å². The second-order valence-electron chi connectivity index (χ2n) is 5.62. The van der Waals surface area contributed by atoms with E-state index in [1.54, 1.807) is 25.3 Å². The number of benzene rings is 2. The van der Waals surface area contributed by atoms with Gasteiger partial charge in [0.1, 0.15) is 5.56 Å². The molecule has 0 aliphatic heterocycles. The minimum Gasteiger partial charge on any atom is -0.298 e.